The van der Waals surface area contributed by atoms with Crippen LogP contribution in [0.5, 0.6) is 0 Å². The summed E-state index contributed by atoms with van der Waals surface area (Å²) in [6, 6.07) is 5.24. The Hall–Kier alpha value is -1.14. The number of hydrogen-bond donors (Lipinski definition) is 0. The molecule has 0 bridgehead atoms. The van der Waals surface area contributed by atoms with Crippen LogP contribution in [0.15, 0.2) is 39.3 Å². The van der Waals surface area contributed by atoms with Gasteiger partial charge in [-0.05, 0) is 29.3 Å². The number of rotatable bonds is 2. The number of carbonyl (C=O) groups excluding carboxylic acids is 2. The molecule has 106 valence electrons. The maximum atomic E-state index is 12.3. The van der Waals surface area contributed by atoms with Crippen molar-refractivity contribution in [1.82, 2.24) is 0 Å². The van der Waals surface area contributed by atoms with Gasteiger partial charge in [-0.1, -0.05) is 38.4 Å². The van der Waals surface area contributed by atoms with E-state index in [-0.39, 0.29) is 13.0 Å². The van der Waals surface area contributed by atoms with Crippen LogP contribution in [0.3, 0.4) is 0 Å². The second kappa shape index (κ2) is 5.69. The van der Waals surface area contributed by atoms with Gasteiger partial charge >= 0.3 is 11.9 Å². The van der Waals surface area contributed by atoms with Gasteiger partial charge in [0.25, 0.3) is 0 Å². The van der Waals surface area contributed by atoms with Crippen molar-refractivity contribution in [2.45, 2.75) is 11.8 Å². The molecule has 1 saturated heterocycles. The van der Waals surface area contributed by atoms with Crippen LogP contribution in [0.1, 0.15) is 12.0 Å². The van der Waals surface area contributed by atoms with Crippen LogP contribution in [0.25, 0.3) is 0 Å². The van der Waals surface area contributed by atoms with E-state index in [1.165, 1.54) is 7.11 Å². The van der Waals surface area contributed by atoms with Crippen LogP contribution < -0.4 is 0 Å². The van der Waals surface area contributed by atoms with E-state index in [4.69, 9.17) is 9.47 Å². The number of methoxy groups -OCH3 is 1. The molecule has 0 saturated carbocycles. The Morgan fingerprint density at radius 3 is 2.50 bits per heavy atom. The Balaban J connectivity index is 2.65. The number of hydrogen-bond acceptors (Lipinski definition) is 4. The van der Waals surface area contributed by atoms with Gasteiger partial charge in [-0.2, -0.15) is 0 Å². The molecule has 1 aromatic carbocycles. The van der Waals surface area contributed by atoms with Gasteiger partial charge < -0.3 is 9.47 Å². The van der Waals surface area contributed by atoms with Gasteiger partial charge in [0.1, 0.15) is 6.61 Å². The second-order valence-corrected chi connectivity index (χ2v) is 6.39. The maximum absolute atomic E-state index is 12.3. The predicted octanol–water partition coefficient (Wildman–Crippen LogP) is 3.13. The van der Waals surface area contributed by atoms with Crippen LogP contribution in [0, 0.1) is 0 Å². The third kappa shape index (κ3) is 2.54. The first-order valence-corrected chi connectivity index (χ1v) is 7.37. The van der Waals surface area contributed by atoms with E-state index in [9.17, 15) is 9.59 Å². The SMILES string of the molecule is C=C1COC(=O)C(C(=O)OC)(c2cc(Br)cc(Br)c2)C1. The molecule has 0 amide bonds. The minimum Gasteiger partial charge on any atom is -0.468 e. The molecule has 4 nitrogen and oxygen atoms in total. The van der Waals surface area contributed by atoms with Crippen molar-refractivity contribution >= 4 is 43.8 Å². The zero-order valence-corrected chi connectivity index (χ0v) is 13.9. The van der Waals surface area contributed by atoms with E-state index >= 15 is 0 Å². The Labute approximate surface area is 133 Å². The zero-order valence-electron chi connectivity index (χ0n) is 10.7. The lowest BCUT2D eigenvalue weighted by molar-refractivity contribution is -0.165. The summed E-state index contributed by atoms with van der Waals surface area (Å²) in [7, 11) is 1.25. The van der Waals surface area contributed by atoms with Gasteiger partial charge in [0.05, 0.1) is 7.11 Å². The highest BCUT2D eigenvalue weighted by atomic mass is 79.9. The molecule has 0 spiro atoms. The van der Waals surface area contributed by atoms with Gasteiger partial charge in [-0.25, -0.2) is 0 Å². The van der Waals surface area contributed by atoms with Gasteiger partial charge in [-0.3, -0.25) is 9.59 Å². The van der Waals surface area contributed by atoms with Crippen molar-refractivity contribution in [2.24, 2.45) is 0 Å². The minimum atomic E-state index is -1.49. The Morgan fingerprint density at radius 1 is 1.35 bits per heavy atom. The third-order valence-electron chi connectivity index (χ3n) is 3.16. The summed E-state index contributed by atoms with van der Waals surface area (Å²) in [6.07, 6.45) is 0.182. The maximum Gasteiger partial charge on any atom is 0.328 e. The van der Waals surface area contributed by atoms with Crippen molar-refractivity contribution in [3.05, 3.63) is 44.9 Å². The molecule has 20 heavy (non-hydrogen) atoms. The van der Waals surface area contributed by atoms with E-state index in [2.05, 4.69) is 38.4 Å². The summed E-state index contributed by atoms with van der Waals surface area (Å²) >= 11 is 6.71. The van der Waals surface area contributed by atoms with Crippen LogP contribution in [-0.2, 0) is 24.5 Å². The number of esters is 2. The highest BCUT2D eigenvalue weighted by Gasteiger charge is 2.53. The monoisotopic (exact) mass is 402 g/mol. The molecular formula is C14H12Br2O4. The first kappa shape index (κ1) is 15.3. The first-order valence-electron chi connectivity index (χ1n) is 5.79. The average molecular weight is 404 g/mol. The van der Waals surface area contributed by atoms with Crippen molar-refractivity contribution in [3.8, 4) is 0 Å². The molecule has 0 aliphatic carbocycles. The molecule has 1 unspecified atom stereocenters. The lowest BCUT2D eigenvalue weighted by Crippen LogP contribution is -2.49. The molecule has 0 N–H and O–H groups in total. The summed E-state index contributed by atoms with van der Waals surface area (Å²) < 4.78 is 11.4. The second-order valence-electron chi connectivity index (χ2n) is 4.56. The Kier molecular flexibility index (Phi) is 4.34. The molecule has 0 radical (unpaired) electrons. The van der Waals surface area contributed by atoms with Crippen molar-refractivity contribution in [1.29, 1.82) is 0 Å². The van der Waals surface area contributed by atoms with E-state index in [0.29, 0.717) is 11.1 Å². The Morgan fingerprint density at radius 2 is 1.95 bits per heavy atom. The molecule has 1 fully saturated rings. The Bertz CT molecular complexity index is 567. The fourth-order valence-corrected chi connectivity index (χ4v) is 3.55. The number of benzene rings is 1. The highest BCUT2D eigenvalue weighted by molar-refractivity contribution is 9.11. The number of carbonyl (C=O) groups is 2. The third-order valence-corrected chi connectivity index (χ3v) is 4.08. The number of ether oxygens (including phenoxy) is 2. The lowest BCUT2D eigenvalue weighted by Gasteiger charge is -2.33. The molecule has 1 aliphatic heterocycles. The number of halogens is 2. The van der Waals surface area contributed by atoms with Crippen molar-refractivity contribution < 1.29 is 19.1 Å². The van der Waals surface area contributed by atoms with Gasteiger partial charge in [0.15, 0.2) is 5.41 Å². The summed E-state index contributed by atoms with van der Waals surface area (Å²) in [4.78, 5) is 24.6. The fraction of sp³-hybridized carbons (Fsp3) is 0.286. The van der Waals surface area contributed by atoms with Crippen LogP contribution in [0.2, 0.25) is 0 Å². The summed E-state index contributed by atoms with van der Waals surface area (Å²) in [5.74, 6) is -1.25. The largest absolute Gasteiger partial charge is 0.468 e. The van der Waals surface area contributed by atoms with Crippen LogP contribution in [-0.4, -0.2) is 25.7 Å². The molecule has 1 aliphatic rings. The van der Waals surface area contributed by atoms with Crippen LogP contribution >= 0.6 is 31.9 Å². The summed E-state index contributed by atoms with van der Waals surface area (Å²) in [5.41, 5.74) is -0.307. The number of cyclic esters (lactones) is 1. The van der Waals surface area contributed by atoms with Crippen molar-refractivity contribution in [2.75, 3.05) is 13.7 Å². The normalized spacial score (nSPS) is 22.4. The van der Waals surface area contributed by atoms with Crippen LogP contribution in [0.4, 0.5) is 0 Å². The van der Waals surface area contributed by atoms with Gasteiger partial charge in [0, 0.05) is 15.4 Å². The molecule has 1 aromatic rings. The predicted molar refractivity (Wildman–Crippen MR) is 80.3 cm³/mol. The van der Waals surface area contributed by atoms with Gasteiger partial charge in [0.2, 0.25) is 0 Å². The zero-order chi connectivity index (χ0) is 14.9. The fourth-order valence-electron chi connectivity index (χ4n) is 2.26. The van der Waals surface area contributed by atoms with E-state index in [1.54, 1.807) is 12.1 Å². The smallest absolute Gasteiger partial charge is 0.328 e. The summed E-state index contributed by atoms with van der Waals surface area (Å²) in [5, 5.41) is 0. The van der Waals surface area contributed by atoms with Gasteiger partial charge in [-0.15, -0.1) is 0 Å². The minimum absolute atomic E-state index is 0.132. The topological polar surface area (TPSA) is 52.6 Å². The molecule has 0 aromatic heterocycles. The molecule has 6 heteroatoms. The quantitative estimate of drug-likeness (QED) is 0.432. The molecule has 1 atom stereocenters. The highest BCUT2D eigenvalue weighted by Crippen LogP contribution is 2.39. The molecule has 1 heterocycles. The average Bonchev–Trinajstić information content (AvgIpc) is 2.39. The molecular weight excluding hydrogens is 392 g/mol. The first-order chi connectivity index (χ1) is 9.40. The standard InChI is InChI=1S/C14H12Br2O4/c1-8-6-14(12(17)19-2,13(18)20-7-8)9-3-10(15)5-11(16)4-9/h3-5H,1,6-7H2,2H3. The van der Waals surface area contributed by atoms with E-state index < -0.39 is 17.4 Å². The van der Waals surface area contributed by atoms with E-state index in [1.807, 2.05) is 6.07 Å². The van der Waals surface area contributed by atoms with Crippen molar-refractivity contribution in [3.63, 3.8) is 0 Å². The summed E-state index contributed by atoms with van der Waals surface area (Å²) in [6.45, 7) is 3.95. The lowest BCUT2D eigenvalue weighted by atomic mass is 9.74. The van der Waals surface area contributed by atoms with E-state index in [0.717, 1.165) is 8.95 Å². The molecule has 2 rings (SSSR count).